The number of pyridine rings is 1. The summed E-state index contributed by atoms with van der Waals surface area (Å²) in [4.78, 5) is 28.5. The van der Waals surface area contributed by atoms with Crippen molar-refractivity contribution in [1.29, 1.82) is 0 Å². The Morgan fingerprint density at radius 3 is 3.00 bits per heavy atom. The molecule has 1 atom stereocenters. The van der Waals surface area contributed by atoms with Crippen molar-refractivity contribution in [2.45, 2.75) is 38.6 Å². The lowest BCUT2D eigenvalue weighted by atomic mass is 10.2. The zero-order chi connectivity index (χ0) is 17.9. The van der Waals surface area contributed by atoms with E-state index in [0.717, 1.165) is 37.1 Å². The summed E-state index contributed by atoms with van der Waals surface area (Å²) in [6.07, 6.45) is 6.39. The first-order valence-electron chi connectivity index (χ1n) is 8.65. The van der Waals surface area contributed by atoms with E-state index in [9.17, 15) is 4.79 Å². The molecule has 0 aromatic carbocycles. The number of aromatic nitrogens is 4. The van der Waals surface area contributed by atoms with Crippen LogP contribution in [0.3, 0.4) is 0 Å². The van der Waals surface area contributed by atoms with E-state index in [4.69, 9.17) is 4.52 Å². The van der Waals surface area contributed by atoms with Crippen LogP contribution in [0.2, 0.25) is 0 Å². The number of nitrogens with zero attached hydrogens (tertiary/aromatic N) is 5. The fourth-order valence-corrected chi connectivity index (χ4v) is 4.02. The van der Waals surface area contributed by atoms with Crippen LogP contribution >= 0.6 is 11.3 Å². The first-order chi connectivity index (χ1) is 12.7. The highest BCUT2D eigenvalue weighted by Gasteiger charge is 2.33. The lowest BCUT2D eigenvalue weighted by Gasteiger charge is -2.21. The number of amides is 1. The molecule has 3 aromatic rings. The van der Waals surface area contributed by atoms with Gasteiger partial charge >= 0.3 is 0 Å². The normalized spacial score (nSPS) is 17.0. The molecule has 0 saturated carbocycles. The second-order valence-electron chi connectivity index (χ2n) is 6.30. The maximum Gasteiger partial charge on any atom is 0.249 e. The smallest absolute Gasteiger partial charge is 0.249 e. The van der Waals surface area contributed by atoms with Gasteiger partial charge in [-0.1, -0.05) is 5.16 Å². The third-order valence-corrected chi connectivity index (χ3v) is 5.64. The third kappa shape index (κ3) is 3.37. The van der Waals surface area contributed by atoms with Crippen LogP contribution in [-0.2, 0) is 11.2 Å². The van der Waals surface area contributed by atoms with Gasteiger partial charge in [-0.2, -0.15) is 4.98 Å². The molecule has 0 bridgehead atoms. The minimum Gasteiger partial charge on any atom is -0.337 e. The van der Waals surface area contributed by atoms with Crippen LogP contribution in [0.25, 0.3) is 11.4 Å². The van der Waals surface area contributed by atoms with Crippen LogP contribution in [-0.4, -0.2) is 37.5 Å². The summed E-state index contributed by atoms with van der Waals surface area (Å²) in [7, 11) is 0. The highest BCUT2D eigenvalue weighted by atomic mass is 32.1. The fraction of sp³-hybridized carbons (Fsp3) is 0.389. The van der Waals surface area contributed by atoms with Gasteiger partial charge in [0.25, 0.3) is 0 Å². The predicted molar refractivity (Wildman–Crippen MR) is 96.4 cm³/mol. The molecule has 1 unspecified atom stereocenters. The average molecular weight is 369 g/mol. The molecule has 0 spiro atoms. The molecule has 8 heteroatoms. The second-order valence-corrected chi connectivity index (χ2v) is 7.24. The van der Waals surface area contributed by atoms with Gasteiger partial charge in [0, 0.05) is 35.8 Å². The Morgan fingerprint density at radius 1 is 1.38 bits per heavy atom. The molecule has 1 fully saturated rings. The van der Waals surface area contributed by atoms with Gasteiger partial charge in [-0.05, 0) is 38.3 Å². The summed E-state index contributed by atoms with van der Waals surface area (Å²) >= 11 is 1.60. The van der Waals surface area contributed by atoms with E-state index >= 15 is 0 Å². The Labute approximate surface area is 155 Å². The predicted octanol–water partition coefficient (Wildman–Crippen LogP) is 3.19. The Morgan fingerprint density at radius 2 is 2.23 bits per heavy atom. The van der Waals surface area contributed by atoms with Crippen molar-refractivity contribution in [3.05, 3.63) is 46.5 Å². The van der Waals surface area contributed by atoms with E-state index in [1.54, 1.807) is 23.7 Å². The van der Waals surface area contributed by atoms with Gasteiger partial charge in [-0.25, -0.2) is 4.98 Å². The van der Waals surface area contributed by atoms with Crippen molar-refractivity contribution < 1.29 is 9.32 Å². The van der Waals surface area contributed by atoms with E-state index in [2.05, 4.69) is 20.1 Å². The molecule has 4 rings (SSSR count). The van der Waals surface area contributed by atoms with Gasteiger partial charge in [0.05, 0.1) is 11.2 Å². The standard InChI is InChI=1S/C18H19N5O2S/c1-12-15(26-11-20-12)4-5-16(24)23-10-2-3-14(23)18-21-17(22-25-18)13-6-8-19-9-7-13/h6-9,11,14H,2-5,10H2,1H3. The molecule has 0 aliphatic carbocycles. The topological polar surface area (TPSA) is 85.0 Å². The van der Waals surface area contributed by atoms with E-state index in [1.807, 2.05) is 29.5 Å². The van der Waals surface area contributed by atoms with E-state index in [1.165, 1.54) is 4.88 Å². The van der Waals surface area contributed by atoms with Crippen LogP contribution < -0.4 is 0 Å². The Kier molecular flexibility index (Phi) is 4.75. The molecule has 134 valence electrons. The lowest BCUT2D eigenvalue weighted by molar-refractivity contribution is -0.132. The molecule has 1 saturated heterocycles. The Bertz CT molecular complexity index is 892. The van der Waals surface area contributed by atoms with Gasteiger partial charge in [0.1, 0.15) is 6.04 Å². The molecule has 26 heavy (non-hydrogen) atoms. The van der Waals surface area contributed by atoms with Crippen molar-refractivity contribution in [3.8, 4) is 11.4 Å². The first kappa shape index (κ1) is 16.8. The van der Waals surface area contributed by atoms with Crippen LogP contribution in [0, 0.1) is 6.92 Å². The van der Waals surface area contributed by atoms with Crippen LogP contribution in [0.15, 0.2) is 34.6 Å². The summed E-state index contributed by atoms with van der Waals surface area (Å²) in [5.74, 6) is 1.17. The molecule has 3 aromatic heterocycles. The van der Waals surface area contributed by atoms with E-state index in [0.29, 0.717) is 18.1 Å². The summed E-state index contributed by atoms with van der Waals surface area (Å²) in [5.41, 5.74) is 3.69. The highest BCUT2D eigenvalue weighted by molar-refractivity contribution is 7.09. The lowest BCUT2D eigenvalue weighted by Crippen LogP contribution is -2.30. The number of carbonyl (C=O) groups excluding carboxylic acids is 1. The second kappa shape index (κ2) is 7.33. The van der Waals surface area contributed by atoms with Gasteiger partial charge in [-0.15, -0.1) is 11.3 Å². The number of hydrogen-bond acceptors (Lipinski definition) is 7. The third-order valence-electron chi connectivity index (χ3n) is 4.65. The maximum absolute atomic E-state index is 12.7. The Balaban J connectivity index is 1.45. The number of aryl methyl sites for hydroxylation is 2. The van der Waals surface area contributed by atoms with Crippen molar-refractivity contribution in [2.24, 2.45) is 0 Å². The SMILES string of the molecule is Cc1ncsc1CCC(=O)N1CCCC1c1nc(-c2ccncc2)no1. The zero-order valence-corrected chi connectivity index (χ0v) is 15.3. The van der Waals surface area contributed by atoms with Crippen molar-refractivity contribution in [1.82, 2.24) is 25.0 Å². The van der Waals surface area contributed by atoms with Gasteiger partial charge in [0.2, 0.25) is 17.6 Å². The summed E-state index contributed by atoms with van der Waals surface area (Å²) in [6, 6.07) is 3.54. The molecule has 7 nitrogen and oxygen atoms in total. The fourth-order valence-electron chi connectivity index (χ4n) is 3.24. The van der Waals surface area contributed by atoms with Crippen LogP contribution in [0.4, 0.5) is 0 Å². The Hall–Kier alpha value is -2.61. The molecular formula is C18H19N5O2S. The molecule has 1 amide bonds. The van der Waals surface area contributed by atoms with Crippen molar-refractivity contribution in [2.75, 3.05) is 6.54 Å². The monoisotopic (exact) mass is 369 g/mol. The molecule has 0 radical (unpaired) electrons. The summed E-state index contributed by atoms with van der Waals surface area (Å²) in [6.45, 7) is 2.71. The van der Waals surface area contributed by atoms with Crippen molar-refractivity contribution >= 4 is 17.2 Å². The molecule has 4 heterocycles. The van der Waals surface area contributed by atoms with E-state index in [-0.39, 0.29) is 11.9 Å². The van der Waals surface area contributed by atoms with Gasteiger partial charge < -0.3 is 9.42 Å². The molecule has 1 aliphatic heterocycles. The van der Waals surface area contributed by atoms with Gasteiger partial charge in [0.15, 0.2) is 0 Å². The van der Waals surface area contributed by atoms with Gasteiger partial charge in [-0.3, -0.25) is 9.78 Å². The zero-order valence-electron chi connectivity index (χ0n) is 14.5. The number of hydrogen-bond donors (Lipinski definition) is 0. The summed E-state index contributed by atoms with van der Waals surface area (Å²) < 4.78 is 5.47. The number of rotatable bonds is 5. The molecule has 1 aliphatic rings. The largest absolute Gasteiger partial charge is 0.337 e. The average Bonchev–Trinajstić information content (AvgIpc) is 3.40. The first-order valence-corrected chi connectivity index (χ1v) is 9.53. The minimum atomic E-state index is -0.131. The highest BCUT2D eigenvalue weighted by Crippen LogP contribution is 2.32. The maximum atomic E-state index is 12.7. The van der Waals surface area contributed by atoms with Crippen LogP contribution in [0.5, 0.6) is 0 Å². The van der Waals surface area contributed by atoms with Crippen molar-refractivity contribution in [3.63, 3.8) is 0 Å². The molecular weight excluding hydrogens is 350 g/mol. The summed E-state index contributed by atoms with van der Waals surface area (Å²) in [5, 5.41) is 4.06. The van der Waals surface area contributed by atoms with Crippen LogP contribution in [0.1, 0.15) is 41.8 Å². The minimum absolute atomic E-state index is 0.129. The quantitative estimate of drug-likeness (QED) is 0.687. The number of thiazole rings is 1. The number of likely N-dealkylation sites (tertiary alicyclic amines) is 1. The van der Waals surface area contributed by atoms with E-state index < -0.39 is 0 Å². The molecule has 0 N–H and O–H groups in total. The number of carbonyl (C=O) groups is 1.